The molecule has 0 aromatic heterocycles. The number of anilines is 1. The summed E-state index contributed by atoms with van der Waals surface area (Å²) in [6.45, 7) is 1.37. The van der Waals surface area contributed by atoms with Crippen LogP contribution in [0.4, 0.5) is 5.69 Å². The van der Waals surface area contributed by atoms with Gasteiger partial charge in [-0.15, -0.1) is 0 Å². The highest BCUT2D eigenvalue weighted by molar-refractivity contribution is 5.97. The van der Waals surface area contributed by atoms with Crippen molar-refractivity contribution in [1.82, 2.24) is 10.6 Å². The van der Waals surface area contributed by atoms with Gasteiger partial charge in [-0.1, -0.05) is 6.07 Å². The second-order valence-corrected chi connectivity index (χ2v) is 3.88. The molecule has 19 heavy (non-hydrogen) atoms. The number of nitrogens with one attached hydrogen (secondary N) is 3. The van der Waals surface area contributed by atoms with Crippen LogP contribution in [0.25, 0.3) is 0 Å². The zero-order valence-electron chi connectivity index (χ0n) is 11.2. The summed E-state index contributed by atoms with van der Waals surface area (Å²) in [6, 6.07) is 6.77. The molecule has 0 atom stereocenters. The van der Waals surface area contributed by atoms with Crippen LogP contribution in [0.1, 0.15) is 10.4 Å². The minimum Gasteiger partial charge on any atom is -0.383 e. The summed E-state index contributed by atoms with van der Waals surface area (Å²) in [7, 11) is 3.17. The maximum Gasteiger partial charge on any atom is 0.251 e. The molecule has 2 amide bonds. The number of carbonyl (C=O) groups is 2. The first-order valence-electron chi connectivity index (χ1n) is 5.99. The number of hydrogen-bond acceptors (Lipinski definition) is 4. The molecule has 1 aromatic rings. The van der Waals surface area contributed by atoms with E-state index in [9.17, 15) is 9.59 Å². The van der Waals surface area contributed by atoms with Gasteiger partial charge >= 0.3 is 0 Å². The van der Waals surface area contributed by atoms with E-state index in [2.05, 4.69) is 16.0 Å². The summed E-state index contributed by atoms with van der Waals surface area (Å²) in [5.74, 6) is -0.348. The summed E-state index contributed by atoms with van der Waals surface area (Å²) in [4.78, 5) is 23.1. The van der Waals surface area contributed by atoms with Crippen molar-refractivity contribution in [1.29, 1.82) is 0 Å². The number of hydrogen-bond donors (Lipinski definition) is 3. The SMILES string of the molecule is CNC(=O)c1cccc(NC(=O)CNCCOC)c1. The predicted molar refractivity (Wildman–Crippen MR) is 73.2 cm³/mol. The number of rotatable bonds is 7. The smallest absolute Gasteiger partial charge is 0.251 e. The van der Waals surface area contributed by atoms with E-state index < -0.39 is 0 Å². The standard InChI is InChI=1S/C13H19N3O3/c1-14-13(18)10-4-3-5-11(8-10)16-12(17)9-15-6-7-19-2/h3-5,8,15H,6-7,9H2,1-2H3,(H,14,18)(H,16,17). The number of benzene rings is 1. The van der Waals surface area contributed by atoms with Crippen LogP contribution in [0.3, 0.4) is 0 Å². The molecule has 0 aliphatic heterocycles. The van der Waals surface area contributed by atoms with Gasteiger partial charge < -0.3 is 20.7 Å². The third-order valence-electron chi connectivity index (χ3n) is 2.40. The number of methoxy groups -OCH3 is 1. The van der Waals surface area contributed by atoms with Gasteiger partial charge in [0.2, 0.25) is 5.91 Å². The molecule has 1 rings (SSSR count). The maximum absolute atomic E-state index is 11.6. The molecular weight excluding hydrogens is 246 g/mol. The van der Waals surface area contributed by atoms with Crippen LogP contribution in [0.15, 0.2) is 24.3 Å². The summed E-state index contributed by atoms with van der Waals surface area (Å²) in [6.07, 6.45) is 0. The van der Waals surface area contributed by atoms with Crippen LogP contribution in [0.2, 0.25) is 0 Å². The van der Waals surface area contributed by atoms with Gasteiger partial charge in [0, 0.05) is 32.0 Å². The first kappa shape index (κ1) is 15.1. The Hall–Kier alpha value is -1.92. The highest BCUT2D eigenvalue weighted by Gasteiger charge is 2.06. The molecule has 0 aliphatic rings. The first-order chi connectivity index (χ1) is 9.17. The van der Waals surface area contributed by atoms with Crippen LogP contribution in [-0.2, 0) is 9.53 Å². The lowest BCUT2D eigenvalue weighted by atomic mass is 10.2. The van der Waals surface area contributed by atoms with E-state index in [4.69, 9.17) is 4.74 Å². The average Bonchev–Trinajstić information content (AvgIpc) is 2.43. The summed E-state index contributed by atoms with van der Waals surface area (Å²) in [5, 5.41) is 8.19. The van der Waals surface area contributed by atoms with Gasteiger partial charge in [-0.3, -0.25) is 9.59 Å². The Labute approximate surface area is 112 Å². The van der Waals surface area contributed by atoms with E-state index in [0.29, 0.717) is 24.4 Å². The highest BCUT2D eigenvalue weighted by atomic mass is 16.5. The van der Waals surface area contributed by atoms with Crippen molar-refractivity contribution in [3.8, 4) is 0 Å². The van der Waals surface area contributed by atoms with E-state index in [1.54, 1.807) is 38.4 Å². The largest absolute Gasteiger partial charge is 0.383 e. The lowest BCUT2D eigenvalue weighted by Gasteiger charge is -2.07. The second kappa shape index (κ2) is 8.23. The van der Waals surface area contributed by atoms with E-state index in [1.165, 1.54) is 0 Å². The van der Waals surface area contributed by atoms with Gasteiger partial charge in [0.15, 0.2) is 0 Å². The Kier molecular flexibility index (Phi) is 6.56. The molecule has 6 heteroatoms. The molecule has 3 N–H and O–H groups in total. The summed E-state index contributed by atoms with van der Waals surface area (Å²) < 4.78 is 4.86. The van der Waals surface area contributed by atoms with Crippen molar-refractivity contribution >= 4 is 17.5 Å². The Morgan fingerprint density at radius 1 is 1.32 bits per heavy atom. The maximum atomic E-state index is 11.6. The monoisotopic (exact) mass is 265 g/mol. The van der Waals surface area contributed by atoms with Crippen molar-refractivity contribution in [3.05, 3.63) is 29.8 Å². The fraction of sp³-hybridized carbons (Fsp3) is 0.385. The predicted octanol–water partition coefficient (Wildman–Crippen LogP) is 0.221. The zero-order valence-corrected chi connectivity index (χ0v) is 11.2. The molecule has 0 saturated carbocycles. The Morgan fingerprint density at radius 2 is 2.11 bits per heavy atom. The number of ether oxygens (including phenoxy) is 1. The van der Waals surface area contributed by atoms with Gasteiger partial charge in [-0.05, 0) is 18.2 Å². The molecule has 0 saturated heterocycles. The van der Waals surface area contributed by atoms with Gasteiger partial charge in [0.1, 0.15) is 0 Å². The summed E-state index contributed by atoms with van der Waals surface area (Å²) in [5.41, 5.74) is 1.10. The van der Waals surface area contributed by atoms with Crippen LogP contribution >= 0.6 is 0 Å². The first-order valence-corrected chi connectivity index (χ1v) is 5.99. The van der Waals surface area contributed by atoms with Gasteiger partial charge in [0.25, 0.3) is 5.91 Å². The molecule has 104 valence electrons. The Morgan fingerprint density at radius 3 is 2.79 bits per heavy atom. The third kappa shape index (κ3) is 5.50. The van der Waals surface area contributed by atoms with Gasteiger partial charge in [-0.2, -0.15) is 0 Å². The third-order valence-corrected chi connectivity index (χ3v) is 2.40. The summed E-state index contributed by atoms with van der Waals surface area (Å²) >= 11 is 0. The van der Waals surface area contributed by atoms with Crippen molar-refractivity contribution in [3.63, 3.8) is 0 Å². The Bertz CT molecular complexity index is 435. The van der Waals surface area contributed by atoms with Crippen LogP contribution < -0.4 is 16.0 Å². The number of carbonyl (C=O) groups excluding carboxylic acids is 2. The van der Waals surface area contributed by atoms with Gasteiger partial charge in [0.05, 0.1) is 13.2 Å². The molecule has 0 bridgehead atoms. The normalized spacial score (nSPS) is 10.0. The lowest BCUT2D eigenvalue weighted by Crippen LogP contribution is -2.30. The van der Waals surface area contributed by atoms with Crippen LogP contribution in [0.5, 0.6) is 0 Å². The fourth-order valence-corrected chi connectivity index (χ4v) is 1.46. The average molecular weight is 265 g/mol. The molecule has 0 fully saturated rings. The van der Waals surface area contributed by atoms with Gasteiger partial charge in [-0.25, -0.2) is 0 Å². The molecule has 0 radical (unpaired) electrons. The molecular formula is C13H19N3O3. The lowest BCUT2D eigenvalue weighted by molar-refractivity contribution is -0.115. The second-order valence-electron chi connectivity index (χ2n) is 3.88. The molecule has 1 aromatic carbocycles. The molecule has 6 nitrogen and oxygen atoms in total. The van der Waals surface area contributed by atoms with Crippen molar-refractivity contribution in [2.75, 3.05) is 39.2 Å². The van der Waals surface area contributed by atoms with E-state index >= 15 is 0 Å². The molecule has 0 spiro atoms. The van der Waals surface area contributed by atoms with Crippen LogP contribution in [-0.4, -0.2) is 45.7 Å². The highest BCUT2D eigenvalue weighted by Crippen LogP contribution is 2.10. The van der Waals surface area contributed by atoms with E-state index in [1.807, 2.05) is 0 Å². The number of amides is 2. The molecule has 0 heterocycles. The van der Waals surface area contributed by atoms with E-state index in [0.717, 1.165) is 0 Å². The topological polar surface area (TPSA) is 79.5 Å². The quantitative estimate of drug-likeness (QED) is 0.616. The molecule has 0 aliphatic carbocycles. The van der Waals surface area contributed by atoms with Crippen molar-refractivity contribution in [2.24, 2.45) is 0 Å². The minimum absolute atomic E-state index is 0.162. The minimum atomic E-state index is -0.186. The van der Waals surface area contributed by atoms with Crippen molar-refractivity contribution in [2.45, 2.75) is 0 Å². The molecule has 0 unspecified atom stereocenters. The fourth-order valence-electron chi connectivity index (χ4n) is 1.46. The van der Waals surface area contributed by atoms with Crippen LogP contribution in [0, 0.1) is 0 Å². The van der Waals surface area contributed by atoms with E-state index in [-0.39, 0.29) is 18.4 Å². The zero-order chi connectivity index (χ0) is 14.1. The van der Waals surface area contributed by atoms with Crippen molar-refractivity contribution < 1.29 is 14.3 Å². The Balaban J connectivity index is 2.48.